The number of rotatable bonds is 7. The number of anilines is 1. The Morgan fingerprint density at radius 3 is 2.41 bits per heavy atom. The van der Waals surface area contributed by atoms with Crippen LogP contribution in [0.25, 0.3) is 5.69 Å². The van der Waals surface area contributed by atoms with Crippen molar-refractivity contribution in [2.45, 2.75) is 11.8 Å². The van der Waals surface area contributed by atoms with Gasteiger partial charge in [-0.15, -0.1) is 0 Å². The van der Waals surface area contributed by atoms with Crippen LogP contribution in [0.1, 0.15) is 22.8 Å². The molecular formula is C23H19ClN6O3S. The molecule has 4 aromatic rings. The molecular weight excluding hydrogens is 476 g/mol. The second-order valence-electron chi connectivity index (χ2n) is 7.17. The molecule has 0 fully saturated rings. The van der Waals surface area contributed by atoms with Gasteiger partial charge in [-0.2, -0.15) is 10.2 Å². The van der Waals surface area contributed by atoms with Gasteiger partial charge in [-0.05, 0) is 67.1 Å². The molecule has 0 bridgehead atoms. The number of benzene rings is 3. The molecule has 1 heterocycles. The summed E-state index contributed by atoms with van der Waals surface area (Å²) < 4.78 is 29.5. The first-order chi connectivity index (χ1) is 16.3. The number of carbonyl (C=O) groups is 1. The van der Waals surface area contributed by atoms with Crippen LogP contribution >= 0.6 is 11.6 Å². The summed E-state index contributed by atoms with van der Waals surface area (Å²) in [6.45, 7) is 1.75. The first-order valence-electron chi connectivity index (χ1n) is 10.0. The minimum atomic E-state index is -3.90. The second-order valence-corrected chi connectivity index (χ2v) is 9.28. The van der Waals surface area contributed by atoms with Gasteiger partial charge in [0.2, 0.25) is 0 Å². The van der Waals surface area contributed by atoms with E-state index in [0.29, 0.717) is 16.4 Å². The third-order valence-corrected chi connectivity index (χ3v) is 6.43. The molecule has 4 rings (SSSR count). The van der Waals surface area contributed by atoms with E-state index in [1.807, 2.05) is 24.3 Å². The molecule has 11 heteroatoms. The van der Waals surface area contributed by atoms with Crippen LogP contribution in [-0.4, -0.2) is 34.8 Å². The van der Waals surface area contributed by atoms with Gasteiger partial charge in [-0.3, -0.25) is 9.52 Å². The first kappa shape index (κ1) is 23.1. The summed E-state index contributed by atoms with van der Waals surface area (Å²) in [7, 11) is -3.90. The molecule has 1 aromatic heterocycles. The van der Waals surface area contributed by atoms with E-state index in [9.17, 15) is 13.2 Å². The van der Waals surface area contributed by atoms with Crippen LogP contribution in [0, 0.1) is 0 Å². The molecule has 34 heavy (non-hydrogen) atoms. The van der Waals surface area contributed by atoms with E-state index in [1.165, 1.54) is 30.6 Å². The Balaban J connectivity index is 1.45. The maximum absolute atomic E-state index is 12.7. The summed E-state index contributed by atoms with van der Waals surface area (Å²) in [6.07, 6.45) is 3.04. The number of carbonyl (C=O) groups excluding carboxylic acids is 1. The van der Waals surface area contributed by atoms with Gasteiger partial charge >= 0.3 is 0 Å². The fourth-order valence-electron chi connectivity index (χ4n) is 3.00. The average molecular weight is 495 g/mol. The van der Waals surface area contributed by atoms with Gasteiger partial charge in [0.25, 0.3) is 15.9 Å². The lowest BCUT2D eigenvalue weighted by Gasteiger charge is -2.09. The Kier molecular flexibility index (Phi) is 6.71. The number of nitrogens with zero attached hydrogens (tertiary/aromatic N) is 4. The van der Waals surface area contributed by atoms with Gasteiger partial charge in [0.05, 0.1) is 16.3 Å². The van der Waals surface area contributed by atoms with Crippen LogP contribution in [0.15, 0.2) is 95.4 Å². The molecule has 3 aromatic carbocycles. The SMILES string of the molecule is C/C(=N\NC(=O)c1cccc(S(=O)(=O)Nc2ccc(Cl)cc2)c1)c1ccc(-n2cncn2)cc1. The number of amides is 1. The fourth-order valence-corrected chi connectivity index (χ4v) is 4.23. The molecule has 0 aliphatic heterocycles. The monoisotopic (exact) mass is 494 g/mol. The van der Waals surface area contributed by atoms with Gasteiger partial charge in [-0.1, -0.05) is 29.8 Å². The third-order valence-electron chi connectivity index (χ3n) is 4.80. The topological polar surface area (TPSA) is 118 Å². The highest BCUT2D eigenvalue weighted by Crippen LogP contribution is 2.19. The summed E-state index contributed by atoms with van der Waals surface area (Å²) in [4.78, 5) is 16.5. The van der Waals surface area contributed by atoms with Crippen molar-refractivity contribution in [2.75, 3.05) is 4.72 Å². The van der Waals surface area contributed by atoms with Crippen LogP contribution in [0.2, 0.25) is 5.02 Å². The highest BCUT2D eigenvalue weighted by molar-refractivity contribution is 7.92. The molecule has 0 aliphatic rings. The van der Waals surface area contributed by atoms with Crippen molar-refractivity contribution in [1.29, 1.82) is 0 Å². The normalized spacial score (nSPS) is 11.8. The van der Waals surface area contributed by atoms with Crippen LogP contribution in [0.4, 0.5) is 5.69 Å². The van der Waals surface area contributed by atoms with Crippen molar-refractivity contribution in [3.8, 4) is 5.69 Å². The van der Waals surface area contributed by atoms with Crippen molar-refractivity contribution in [1.82, 2.24) is 20.2 Å². The summed E-state index contributed by atoms with van der Waals surface area (Å²) in [5.74, 6) is -0.540. The van der Waals surface area contributed by atoms with E-state index in [0.717, 1.165) is 11.3 Å². The Labute approximate surface area is 201 Å². The Morgan fingerprint density at radius 2 is 1.74 bits per heavy atom. The van der Waals surface area contributed by atoms with E-state index < -0.39 is 15.9 Å². The quantitative estimate of drug-likeness (QED) is 0.298. The highest BCUT2D eigenvalue weighted by atomic mass is 35.5. The zero-order valence-corrected chi connectivity index (χ0v) is 19.5. The average Bonchev–Trinajstić information content (AvgIpc) is 3.39. The van der Waals surface area contributed by atoms with Crippen molar-refractivity contribution in [3.63, 3.8) is 0 Å². The van der Waals surface area contributed by atoms with E-state index >= 15 is 0 Å². The molecule has 0 spiro atoms. The molecule has 0 radical (unpaired) electrons. The molecule has 1 amide bonds. The molecule has 0 unspecified atom stereocenters. The van der Waals surface area contributed by atoms with Crippen molar-refractivity contribution < 1.29 is 13.2 Å². The molecule has 0 saturated carbocycles. The lowest BCUT2D eigenvalue weighted by molar-refractivity contribution is 0.0954. The lowest BCUT2D eigenvalue weighted by atomic mass is 10.1. The fraction of sp³-hybridized carbons (Fsp3) is 0.0435. The Hall–Kier alpha value is -4.02. The van der Waals surface area contributed by atoms with Gasteiger partial charge in [0.1, 0.15) is 12.7 Å². The number of halogens is 1. The Morgan fingerprint density at radius 1 is 1.00 bits per heavy atom. The first-order valence-corrected chi connectivity index (χ1v) is 11.9. The molecule has 0 atom stereocenters. The smallest absolute Gasteiger partial charge is 0.271 e. The number of nitrogens with one attached hydrogen (secondary N) is 2. The van der Waals surface area contributed by atoms with Gasteiger partial charge in [0.15, 0.2) is 0 Å². The number of hydrogen-bond acceptors (Lipinski definition) is 6. The summed E-state index contributed by atoms with van der Waals surface area (Å²) >= 11 is 5.84. The third kappa shape index (κ3) is 5.48. The van der Waals surface area contributed by atoms with Crippen LogP contribution in [-0.2, 0) is 10.0 Å². The number of aromatic nitrogens is 3. The number of sulfonamides is 1. The minimum Gasteiger partial charge on any atom is -0.280 e. The lowest BCUT2D eigenvalue weighted by Crippen LogP contribution is -2.20. The maximum atomic E-state index is 12.7. The van der Waals surface area contributed by atoms with Crippen molar-refractivity contribution in [2.24, 2.45) is 5.10 Å². The van der Waals surface area contributed by atoms with Gasteiger partial charge in [0, 0.05) is 16.3 Å². The zero-order valence-electron chi connectivity index (χ0n) is 17.9. The second kappa shape index (κ2) is 9.86. The van der Waals surface area contributed by atoms with Crippen LogP contribution in [0.5, 0.6) is 0 Å². The molecule has 9 nitrogen and oxygen atoms in total. The number of hydrazone groups is 1. The highest BCUT2D eigenvalue weighted by Gasteiger charge is 2.16. The molecule has 0 aliphatic carbocycles. The van der Waals surface area contributed by atoms with Gasteiger partial charge in [-0.25, -0.2) is 23.5 Å². The van der Waals surface area contributed by atoms with Gasteiger partial charge < -0.3 is 0 Å². The predicted octanol–water partition coefficient (Wildman–Crippen LogP) is 3.88. The zero-order chi connectivity index (χ0) is 24.1. The summed E-state index contributed by atoms with van der Waals surface area (Å²) in [6, 6.07) is 19.3. The van der Waals surface area contributed by atoms with E-state index in [4.69, 9.17) is 11.6 Å². The molecule has 2 N–H and O–H groups in total. The summed E-state index contributed by atoms with van der Waals surface area (Å²) in [5.41, 5.74) is 5.18. The largest absolute Gasteiger partial charge is 0.280 e. The van der Waals surface area contributed by atoms with Crippen molar-refractivity contribution >= 4 is 38.9 Å². The standard InChI is InChI=1S/C23H19ClN6O3S/c1-16(17-5-11-21(12-6-17)30-15-25-14-26-30)27-28-23(31)18-3-2-4-22(13-18)34(32,33)29-20-9-7-19(24)8-10-20/h2-15,29H,1H3,(H,28,31)/b27-16+. The minimum absolute atomic E-state index is 0.0560. The van der Waals surface area contributed by atoms with E-state index in [1.54, 1.807) is 42.2 Å². The van der Waals surface area contributed by atoms with Crippen molar-refractivity contribution in [3.05, 3.63) is 102 Å². The Bertz CT molecular complexity index is 1440. The van der Waals surface area contributed by atoms with Crippen LogP contribution in [0.3, 0.4) is 0 Å². The summed E-state index contributed by atoms with van der Waals surface area (Å²) in [5, 5.41) is 8.70. The predicted molar refractivity (Wildman–Crippen MR) is 130 cm³/mol. The van der Waals surface area contributed by atoms with Crippen LogP contribution < -0.4 is 10.1 Å². The maximum Gasteiger partial charge on any atom is 0.271 e. The number of hydrogen-bond donors (Lipinski definition) is 2. The van der Waals surface area contributed by atoms with E-state index in [-0.39, 0.29) is 10.5 Å². The van der Waals surface area contributed by atoms with E-state index in [2.05, 4.69) is 25.3 Å². The molecule has 172 valence electrons. The molecule has 0 saturated heterocycles.